The van der Waals surface area contributed by atoms with Gasteiger partial charge in [-0.2, -0.15) is 0 Å². The van der Waals surface area contributed by atoms with Gasteiger partial charge in [-0.1, -0.05) is 17.7 Å². The Bertz CT molecular complexity index is 499. The second-order valence-corrected chi connectivity index (χ2v) is 5.53. The molecule has 1 aromatic rings. The van der Waals surface area contributed by atoms with Crippen LogP contribution in [0.5, 0.6) is 0 Å². The molecule has 1 aliphatic heterocycles. The average Bonchev–Trinajstić information content (AvgIpc) is 2.86. The molecule has 0 bridgehead atoms. The number of unbranched alkanes of at least 4 members (excludes halogenated alkanes) is 1. The number of hydrogen-bond acceptors (Lipinski definition) is 3. The summed E-state index contributed by atoms with van der Waals surface area (Å²) in [5, 5.41) is 2.89. The third kappa shape index (κ3) is 4.04. The number of nitrogens with zero attached hydrogens (tertiary/aromatic N) is 1. The molecular weight excluding hydrogens is 266 g/mol. The van der Waals surface area contributed by atoms with Crippen LogP contribution in [0.15, 0.2) is 24.3 Å². The number of rotatable bonds is 6. The van der Waals surface area contributed by atoms with E-state index in [1.54, 1.807) is 4.90 Å². The minimum Gasteiger partial charge on any atom is -0.356 e. The molecule has 1 unspecified atom stereocenters. The fourth-order valence-corrected chi connectivity index (χ4v) is 2.48. The van der Waals surface area contributed by atoms with Gasteiger partial charge in [-0.15, -0.1) is 0 Å². The Hall–Kier alpha value is -1.88. The highest BCUT2D eigenvalue weighted by Gasteiger charge is 2.34. The topological polar surface area (TPSA) is 75.4 Å². The van der Waals surface area contributed by atoms with E-state index in [0.29, 0.717) is 19.6 Å². The molecule has 0 aliphatic carbocycles. The van der Waals surface area contributed by atoms with Crippen LogP contribution in [0.25, 0.3) is 0 Å². The Labute approximate surface area is 125 Å². The van der Waals surface area contributed by atoms with Gasteiger partial charge in [0, 0.05) is 25.2 Å². The Morgan fingerprint density at radius 2 is 2.05 bits per heavy atom. The van der Waals surface area contributed by atoms with E-state index in [9.17, 15) is 9.59 Å². The highest BCUT2D eigenvalue weighted by molar-refractivity contribution is 6.00. The molecule has 1 aromatic carbocycles. The predicted molar refractivity (Wildman–Crippen MR) is 82.9 cm³/mol. The molecule has 2 rings (SSSR count). The van der Waals surface area contributed by atoms with Gasteiger partial charge in [0.2, 0.25) is 11.8 Å². The summed E-state index contributed by atoms with van der Waals surface area (Å²) < 4.78 is 0. The summed E-state index contributed by atoms with van der Waals surface area (Å²) in [5.74, 6) is -0.271. The van der Waals surface area contributed by atoms with E-state index in [-0.39, 0.29) is 24.2 Å². The summed E-state index contributed by atoms with van der Waals surface area (Å²) in [6.07, 6.45) is 2.07. The van der Waals surface area contributed by atoms with E-state index in [1.165, 1.54) is 0 Å². The molecular formula is C16H23N3O2. The summed E-state index contributed by atoms with van der Waals surface area (Å²) in [7, 11) is 0. The summed E-state index contributed by atoms with van der Waals surface area (Å²) in [5.41, 5.74) is 7.43. The van der Waals surface area contributed by atoms with Crippen LogP contribution in [-0.2, 0) is 9.59 Å². The highest BCUT2D eigenvalue weighted by Crippen LogP contribution is 2.25. The summed E-state index contributed by atoms with van der Waals surface area (Å²) in [6.45, 7) is 3.74. The number of aryl methyl sites for hydroxylation is 1. The Morgan fingerprint density at radius 3 is 2.71 bits per heavy atom. The SMILES string of the molecule is Cc1ccc(N2CC(C(=O)NCCCCN)CC2=O)cc1. The van der Waals surface area contributed by atoms with Gasteiger partial charge in [-0.3, -0.25) is 9.59 Å². The van der Waals surface area contributed by atoms with Gasteiger partial charge in [-0.25, -0.2) is 0 Å². The lowest BCUT2D eigenvalue weighted by Crippen LogP contribution is -2.33. The van der Waals surface area contributed by atoms with Crippen molar-refractivity contribution in [3.05, 3.63) is 29.8 Å². The average molecular weight is 289 g/mol. The lowest BCUT2D eigenvalue weighted by atomic mass is 10.1. The molecule has 1 aliphatic rings. The lowest BCUT2D eigenvalue weighted by Gasteiger charge is -2.17. The van der Waals surface area contributed by atoms with Crippen LogP contribution in [-0.4, -0.2) is 31.4 Å². The maximum absolute atomic E-state index is 12.1. The van der Waals surface area contributed by atoms with Gasteiger partial charge in [0.1, 0.15) is 0 Å². The van der Waals surface area contributed by atoms with Crippen LogP contribution in [0.4, 0.5) is 5.69 Å². The molecule has 0 radical (unpaired) electrons. The van der Waals surface area contributed by atoms with E-state index < -0.39 is 0 Å². The molecule has 2 amide bonds. The number of carbonyl (C=O) groups is 2. The van der Waals surface area contributed by atoms with Crippen molar-refractivity contribution in [2.24, 2.45) is 11.7 Å². The number of benzene rings is 1. The third-order valence-electron chi connectivity index (χ3n) is 3.77. The van der Waals surface area contributed by atoms with Gasteiger partial charge < -0.3 is 16.0 Å². The number of amides is 2. The van der Waals surface area contributed by atoms with Crippen LogP contribution in [0.2, 0.25) is 0 Å². The molecule has 0 saturated carbocycles. The molecule has 5 heteroatoms. The molecule has 114 valence electrons. The van der Waals surface area contributed by atoms with Crippen LogP contribution < -0.4 is 16.0 Å². The monoisotopic (exact) mass is 289 g/mol. The predicted octanol–water partition coefficient (Wildman–Crippen LogP) is 1.20. The fraction of sp³-hybridized carbons (Fsp3) is 0.500. The van der Waals surface area contributed by atoms with Gasteiger partial charge in [-0.05, 0) is 38.4 Å². The molecule has 1 atom stereocenters. The van der Waals surface area contributed by atoms with Crippen molar-refractivity contribution in [2.75, 3.05) is 24.5 Å². The molecule has 1 heterocycles. The van der Waals surface area contributed by atoms with Crippen LogP contribution >= 0.6 is 0 Å². The molecule has 21 heavy (non-hydrogen) atoms. The van der Waals surface area contributed by atoms with Crippen molar-refractivity contribution >= 4 is 17.5 Å². The van der Waals surface area contributed by atoms with E-state index in [4.69, 9.17) is 5.73 Å². The first-order valence-corrected chi connectivity index (χ1v) is 7.46. The van der Waals surface area contributed by atoms with Gasteiger partial charge in [0.05, 0.1) is 5.92 Å². The minimum absolute atomic E-state index is 0.0148. The standard InChI is InChI=1S/C16H23N3O2/c1-12-4-6-14(7-5-12)19-11-13(10-15(19)20)16(21)18-9-3-2-8-17/h4-7,13H,2-3,8-11,17H2,1H3,(H,18,21). The minimum atomic E-state index is -0.253. The number of nitrogens with one attached hydrogen (secondary N) is 1. The summed E-state index contributed by atoms with van der Waals surface area (Å²) >= 11 is 0. The fourth-order valence-electron chi connectivity index (χ4n) is 2.48. The summed E-state index contributed by atoms with van der Waals surface area (Å²) in [6, 6.07) is 7.80. The molecule has 5 nitrogen and oxygen atoms in total. The largest absolute Gasteiger partial charge is 0.356 e. The number of hydrogen-bond donors (Lipinski definition) is 2. The maximum Gasteiger partial charge on any atom is 0.227 e. The van der Waals surface area contributed by atoms with Crippen molar-refractivity contribution in [1.82, 2.24) is 5.32 Å². The van der Waals surface area contributed by atoms with Crippen molar-refractivity contribution < 1.29 is 9.59 Å². The Kier molecular flexibility index (Phi) is 5.33. The summed E-state index contributed by atoms with van der Waals surface area (Å²) in [4.78, 5) is 25.8. The smallest absolute Gasteiger partial charge is 0.227 e. The van der Waals surface area contributed by atoms with Gasteiger partial charge in [0.25, 0.3) is 0 Å². The zero-order chi connectivity index (χ0) is 15.2. The van der Waals surface area contributed by atoms with Crippen LogP contribution in [0, 0.1) is 12.8 Å². The van der Waals surface area contributed by atoms with Crippen molar-refractivity contribution in [1.29, 1.82) is 0 Å². The normalized spacial score (nSPS) is 18.1. The van der Waals surface area contributed by atoms with Crippen LogP contribution in [0.3, 0.4) is 0 Å². The third-order valence-corrected chi connectivity index (χ3v) is 3.77. The molecule has 0 spiro atoms. The molecule has 0 aromatic heterocycles. The first kappa shape index (κ1) is 15.5. The first-order chi connectivity index (χ1) is 10.1. The second-order valence-electron chi connectivity index (χ2n) is 5.53. The lowest BCUT2D eigenvalue weighted by molar-refractivity contribution is -0.126. The molecule has 1 saturated heterocycles. The van der Waals surface area contributed by atoms with Crippen molar-refractivity contribution in [3.63, 3.8) is 0 Å². The number of anilines is 1. The molecule has 3 N–H and O–H groups in total. The van der Waals surface area contributed by atoms with Crippen molar-refractivity contribution in [2.45, 2.75) is 26.2 Å². The quantitative estimate of drug-likeness (QED) is 0.773. The van der Waals surface area contributed by atoms with Crippen LogP contribution in [0.1, 0.15) is 24.8 Å². The second kappa shape index (κ2) is 7.22. The zero-order valence-corrected chi connectivity index (χ0v) is 12.5. The van der Waals surface area contributed by atoms with E-state index in [2.05, 4.69) is 5.32 Å². The van der Waals surface area contributed by atoms with Gasteiger partial charge in [0.15, 0.2) is 0 Å². The number of nitrogens with two attached hydrogens (primary N) is 1. The van der Waals surface area contributed by atoms with E-state index in [1.807, 2.05) is 31.2 Å². The highest BCUT2D eigenvalue weighted by atomic mass is 16.2. The Morgan fingerprint density at radius 1 is 1.33 bits per heavy atom. The molecule has 1 fully saturated rings. The van der Waals surface area contributed by atoms with E-state index >= 15 is 0 Å². The van der Waals surface area contributed by atoms with Crippen molar-refractivity contribution in [3.8, 4) is 0 Å². The zero-order valence-electron chi connectivity index (χ0n) is 12.5. The Balaban J connectivity index is 1.90. The van der Waals surface area contributed by atoms with E-state index in [0.717, 1.165) is 24.1 Å². The first-order valence-electron chi connectivity index (χ1n) is 7.46. The maximum atomic E-state index is 12.1. The number of carbonyl (C=O) groups excluding carboxylic acids is 2. The van der Waals surface area contributed by atoms with Gasteiger partial charge >= 0.3 is 0 Å².